The molecule has 2 amide bonds. The van der Waals surface area contributed by atoms with Crippen LogP contribution in [0.25, 0.3) is 0 Å². The zero-order chi connectivity index (χ0) is 20.1. The molecule has 0 aliphatic heterocycles. The number of amides is 2. The van der Waals surface area contributed by atoms with Gasteiger partial charge in [0.25, 0.3) is 5.91 Å². The summed E-state index contributed by atoms with van der Waals surface area (Å²) in [7, 11) is 1.51. The van der Waals surface area contributed by atoms with Crippen molar-refractivity contribution in [3.63, 3.8) is 0 Å². The van der Waals surface area contributed by atoms with Crippen LogP contribution in [0.4, 0.5) is 0 Å². The summed E-state index contributed by atoms with van der Waals surface area (Å²) >= 11 is 0. The van der Waals surface area contributed by atoms with Crippen LogP contribution in [0.3, 0.4) is 0 Å². The Morgan fingerprint density at radius 1 is 1.11 bits per heavy atom. The number of ether oxygens (including phenoxy) is 1. The third-order valence-electron chi connectivity index (χ3n) is 4.17. The molecule has 0 saturated heterocycles. The Balaban J connectivity index is 2.77. The SMILES string of the molecule is CCN(C(=O)c1ccc(OCCCCC=O)cc1)C(CCC=O)C(=O)NC. The number of nitrogens with zero attached hydrogens (tertiary/aromatic N) is 1. The maximum Gasteiger partial charge on any atom is 0.254 e. The summed E-state index contributed by atoms with van der Waals surface area (Å²) in [6.07, 6.45) is 4.22. The van der Waals surface area contributed by atoms with Gasteiger partial charge in [-0.1, -0.05) is 0 Å². The Hall–Kier alpha value is -2.70. The average Bonchev–Trinajstić information content (AvgIpc) is 2.70. The molecule has 0 heterocycles. The topological polar surface area (TPSA) is 92.8 Å². The lowest BCUT2D eigenvalue weighted by Crippen LogP contribution is -2.48. The molecule has 148 valence electrons. The number of likely N-dealkylation sites (N-methyl/N-ethyl adjacent to an activating group) is 2. The summed E-state index contributed by atoms with van der Waals surface area (Å²) < 4.78 is 5.59. The smallest absolute Gasteiger partial charge is 0.254 e. The monoisotopic (exact) mass is 376 g/mol. The minimum Gasteiger partial charge on any atom is -0.494 e. The quantitative estimate of drug-likeness (QED) is 0.420. The van der Waals surface area contributed by atoms with Crippen molar-refractivity contribution in [1.29, 1.82) is 0 Å². The summed E-state index contributed by atoms with van der Waals surface area (Å²) in [6, 6.07) is 6.05. The predicted octanol–water partition coefficient (Wildman–Crippen LogP) is 1.99. The van der Waals surface area contributed by atoms with E-state index in [9.17, 15) is 19.2 Å². The van der Waals surface area contributed by atoms with Crippen molar-refractivity contribution in [2.75, 3.05) is 20.2 Å². The normalized spacial score (nSPS) is 11.3. The Labute approximate surface area is 160 Å². The number of nitrogens with one attached hydrogen (secondary N) is 1. The minimum absolute atomic E-state index is 0.207. The van der Waals surface area contributed by atoms with Crippen molar-refractivity contribution in [2.45, 2.75) is 45.1 Å². The molecule has 0 fully saturated rings. The number of hydrogen-bond donors (Lipinski definition) is 1. The van der Waals surface area contributed by atoms with Crippen LogP contribution in [-0.2, 0) is 14.4 Å². The fourth-order valence-corrected chi connectivity index (χ4v) is 2.71. The van der Waals surface area contributed by atoms with Gasteiger partial charge in [-0.05, 0) is 50.5 Å². The van der Waals surface area contributed by atoms with E-state index in [1.165, 1.54) is 11.9 Å². The lowest BCUT2D eigenvalue weighted by atomic mass is 10.1. The molecular formula is C20H28N2O5. The van der Waals surface area contributed by atoms with E-state index in [0.29, 0.717) is 30.9 Å². The molecule has 1 atom stereocenters. The maximum atomic E-state index is 12.8. The van der Waals surface area contributed by atoms with Gasteiger partial charge in [-0.2, -0.15) is 0 Å². The first-order valence-corrected chi connectivity index (χ1v) is 9.21. The molecule has 0 bridgehead atoms. The molecule has 0 saturated carbocycles. The van der Waals surface area contributed by atoms with E-state index in [1.807, 2.05) is 0 Å². The summed E-state index contributed by atoms with van der Waals surface area (Å²) in [4.78, 5) is 47.4. The Bertz CT molecular complexity index is 615. The number of carbonyl (C=O) groups excluding carboxylic acids is 4. The number of benzene rings is 1. The van der Waals surface area contributed by atoms with Gasteiger partial charge in [0.15, 0.2) is 0 Å². The van der Waals surface area contributed by atoms with Crippen LogP contribution in [0, 0.1) is 0 Å². The Kier molecular flexibility index (Phi) is 10.4. The summed E-state index contributed by atoms with van der Waals surface area (Å²) in [5.41, 5.74) is 0.449. The van der Waals surface area contributed by atoms with Gasteiger partial charge in [-0.25, -0.2) is 0 Å². The molecule has 27 heavy (non-hydrogen) atoms. The molecule has 7 nitrogen and oxygen atoms in total. The molecule has 0 aliphatic carbocycles. The van der Waals surface area contributed by atoms with Crippen molar-refractivity contribution in [1.82, 2.24) is 10.2 Å². The summed E-state index contributed by atoms with van der Waals surface area (Å²) in [5, 5.41) is 2.55. The molecule has 1 rings (SSSR count). The fraction of sp³-hybridized carbons (Fsp3) is 0.500. The standard InChI is InChI=1S/C20H28N2O5/c1-3-22(18(8-7-14-24)19(25)21-2)20(26)16-9-11-17(12-10-16)27-15-6-4-5-13-23/h9-14,18H,3-8,15H2,1-2H3,(H,21,25). The van der Waals surface area contributed by atoms with Crippen LogP contribution in [0.5, 0.6) is 5.75 Å². The molecule has 7 heteroatoms. The van der Waals surface area contributed by atoms with E-state index in [0.717, 1.165) is 25.4 Å². The zero-order valence-corrected chi connectivity index (χ0v) is 16.0. The Morgan fingerprint density at radius 2 is 1.78 bits per heavy atom. The van der Waals surface area contributed by atoms with Gasteiger partial charge in [-0.15, -0.1) is 0 Å². The second kappa shape index (κ2) is 12.6. The highest BCUT2D eigenvalue weighted by molar-refractivity contribution is 5.97. The van der Waals surface area contributed by atoms with Gasteiger partial charge in [0.05, 0.1) is 6.61 Å². The van der Waals surface area contributed by atoms with Gasteiger partial charge >= 0.3 is 0 Å². The van der Waals surface area contributed by atoms with Crippen molar-refractivity contribution < 1.29 is 23.9 Å². The van der Waals surface area contributed by atoms with E-state index >= 15 is 0 Å². The van der Waals surface area contributed by atoms with Gasteiger partial charge in [0, 0.05) is 32.0 Å². The predicted molar refractivity (Wildman–Crippen MR) is 102 cm³/mol. The highest BCUT2D eigenvalue weighted by Crippen LogP contribution is 2.17. The van der Waals surface area contributed by atoms with Crippen molar-refractivity contribution in [2.24, 2.45) is 0 Å². The van der Waals surface area contributed by atoms with Crippen LogP contribution >= 0.6 is 0 Å². The maximum absolute atomic E-state index is 12.8. The third kappa shape index (κ3) is 7.21. The first-order chi connectivity index (χ1) is 13.1. The molecule has 0 radical (unpaired) electrons. The van der Waals surface area contributed by atoms with Crippen LogP contribution in [0.2, 0.25) is 0 Å². The van der Waals surface area contributed by atoms with Crippen LogP contribution in [0.1, 0.15) is 49.4 Å². The van der Waals surface area contributed by atoms with E-state index in [1.54, 1.807) is 31.2 Å². The molecule has 1 aromatic rings. The van der Waals surface area contributed by atoms with Gasteiger partial charge in [0.1, 0.15) is 24.4 Å². The molecule has 0 spiro atoms. The second-order valence-electron chi connectivity index (χ2n) is 6.00. The largest absolute Gasteiger partial charge is 0.494 e. The molecule has 1 N–H and O–H groups in total. The number of hydrogen-bond acceptors (Lipinski definition) is 5. The average molecular weight is 376 g/mol. The molecule has 1 aromatic carbocycles. The highest BCUT2D eigenvalue weighted by Gasteiger charge is 2.28. The molecular weight excluding hydrogens is 348 g/mol. The van der Waals surface area contributed by atoms with Crippen LogP contribution < -0.4 is 10.1 Å². The third-order valence-corrected chi connectivity index (χ3v) is 4.17. The summed E-state index contributed by atoms with van der Waals surface area (Å²) in [6.45, 7) is 2.66. The Morgan fingerprint density at radius 3 is 2.33 bits per heavy atom. The van der Waals surface area contributed by atoms with Gasteiger partial charge in [0.2, 0.25) is 5.91 Å². The van der Waals surface area contributed by atoms with Crippen LogP contribution in [-0.4, -0.2) is 55.5 Å². The van der Waals surface area contributed by atoms with Gasteiger partial charge < -0.3 is 24.5 Å². The number of carbonyl (C=O) groups is 4. The minimum atomic E-state index is -0.688. The van der Waals surface area contributed by atoms with E-state index in [-0.39, 0.29) is 24.7 Å². The first kappa shape index (κ1) is 22.3. The number of rotatable bonds is 13. The van der Waals surface area contributed by atoms with Crippen molar-refractivity contribution in [3.05, 3.63) is 29.8 Å². The summed E-state index contributed by atoms with van der Waals surface area (Å²) in [5.74, 6) is 0.0846. The zero-order valence-electron chi connectivity index (χ0n) is 16.0. The van der Waals surface area contributed by atoms with Crippen LogP contribution in [0.15, 0.2) is 24.3 Å². The van der Waals surface area contributed by atoms with Crippen molar-refractivity contribution in [3.8, 4) is 5.75 Å². The molecule has 0 aliphatic rings. The molecule has 1 unspecified atom stereocenters. The van der Waals surface area contributed by atoms with E-state index in [4.69, 9.17) is 4.74 Å². The highest BCUT2D eigenvalue weighted by atomic mass is 16.5. The first-order valence-electron chi connectivity index (χ1n) is 9.21. The number of aldehydes is 2. The molecule has 0 aromatic heterocycles. The second-order valence-corrected chi connectivity index (χ2v) is 6.00. The van der Waals surface area contributed by atoms with E-state index < -0.39 is 6.04 Å². The fourth-order valence-electron chi connectivity index (χ4n) is 2.71. The lowest BCUT2D eigenvalue weighted by molar-refractivity contribution is -0.125. The number of unbranched alkanes of at least 4 members (excludes halogenated alkanes) is 2. The van der Waals surface area contributed by atoms with E-state index in [2.05, 4.69) is 5.32 Å². The van der Waals surface area contributed by atoms with Crippen molar-refractivity contribution >= 4 is 24.4 Å². The lowest BCUT2D eigenvalue weighted by Gasteiger charge is -2.29. The van der Waals surface area contributed by atoms with Gasteiger partial charge in [-0.3, -0.25) is 9.59 Å².